The van der Waals surface area contributed by atoms with Gasteiger partial charge in [0.15, 0.2) is 17.3 Å². The minimum Gasteiger partial charge on any atom is -0.439 e. The van der Waals surface area contributed by atoms with Gasteiger partial charge in [-0.2, -0.15) is 5.26 Å². The molecule has 0 saturated heterocycles. The first-order valence-corrected chi connectivity index (χ1v) is 6.18. The molecule has 0 aliphatic heterocycles. The topological polar surface area (TPSA) is 76.1 Å². The van der Waals surface area contributed by atoms with Crippen molar-refractivity contribution in [3.05, 3.63) is 42.8 Å². The predicted octanol–water partition coefficient (Wildman–Crippen LogP) is 2.60. The second-order valence-electron chi connectivity index (χ2n) is 4.25. The molecule has 0 N–H and O–H groups in total. The molecule has 2 atom stereocenters. The second kappa shape index (κ2) is 6.13. The van der Waals surface area contributed by atoms with Crippen LogP contribution in [0.4, 0.5) is 0 Å². The predicted molar refractivity (Wildman–Crippen MR) is 73.0 cm³/mol. The molecule has 0 fully saturated rings. The van der Waals surface area contributed by atoms with E-state index in [9.17, 15) is 10.1 Å². The highest BCUT2D eigenvalue weighted by Crippen LogP contribution is 2.23. The van der Waals surface area contributed by atoms with Crippen molar-refractivity contribution in [2.24, 2.45) is 0 Å². The molecule has 0 bridgehead atoms. The van der Waals surface area contributed by atoms with E-state index in [2.05, 4.69) is 11.6 Å². The van der Waals surface area contributed by atoms with Gasteiger partial charge in [-0.05, 0) is 19.1 Å². The Morgan fingerprint density at radius 2 is 2.35 bits per heavy atom. The molecule has 1 aromatic carbocycles. The summed E-state index contributed by atoms with van der Waals surface area (Å²) in [7, 11) is 0. The Hall–Kier alpha value is -2.45. The first-order chi connectivity index (χ1) is 9.67. The second-order valence-corrected chi connectivity index (χ2v) is 4.25. The summed E-state index contributed by atoms with van der Waals surface area (Å²) in [6.07, 6.45) is 0.831. The van der Waals surface area contributed by atoms with Gasteiger partial charge in [-0.1, -0.05) is 18.2 Å². The number of ether oxygens (including phenoxy) is 1. The van der Waals surface area contributed by atoms with Gasteiger partial charge in [0.2, 0.25) is 5.89 Å². The van der Waals surface area contributed by atoms with E-state index in [0.29, 0.717) is 11.1 Å². The molecule has 2 rings (SSSR count). The third-order valence-electron chi connectivity index (χ3n) is 2.84. The van der Waals surface area contributed by atoms with E-state index < -0.39 is 12.0 Å². The van der Waals surface area contributed by atoms with Crippen LogP contribution in [0.1, 0.15) is 18.7 Å². The van der Waals surface area contributed by atoms with Crippen LogP contribution in [0, 0.1) is 11.3 Å². The molecule has 1 heterocycles. The molecular formula is C15H14N2O3. The van der Waals surface area contributed by atoms with Crippen molar-refractivity contribution in [1.82, 2.24) is 4.98 Å². The molecule has 1 aromatic heterocycles. The molecule has 102 valence electrons. The van der Waals surface area contributed by atoms with E-state index >= 15 is 0 Å². The Morgan fingerprint density at radius 1 is 1.60 bits per heavy atom. The van der Waals surface area contributed by atoms with E-state index in [1.807, 2.05) is 12.1 Å². The van der Waals surface area contributed by atoms with Gasteiger partial charge >= 0.3 is 0 Å². The largest absolute Gasteiger partial charge is 0.439 e. The van der Waals surface area contributed by atoms with Crippen LogP contribution < -0.4 is 0 Å². The first kappa shape index (κ1) is 14.0. The Bertz CT molecular complexity index is 636. The number of nitriles is 1. The number of hydrogen-bond donors (Lipinski definition) is 0. The lowest BCUT2D eigenvalue weighted by Gasteiger charge is -2.12. The van der Waals surface area contributed by atoms with Gasteiger partial charge in [-0.25, -0.2) is 4.98 Å². The molecule has 5 heteroatoms. The molecular weight excluding hydrogens is 256 g/mol. The molecule has 0 saturated carbocycles. The van der Waals surface area contributed by atoms with Gasteiger partial charge in [0.1, 0.15) is 11.6 Å². The Labute approximate surface area is 116 Å². The van der Waals surface area contributed by atoms with Crippen molar-refractivity contribution in [3.63, 3.8) is 0 Å². The lowest BCUT2D eigenvalue weighted by Crippen LogP contribution is -2.26. The zero-order chi connectivity index (χ0) is 14.5. The van der Waals surface area contributed by atoms with E-state index in [4.69, 9.17) is 9.15 Å². The lowest BCUT2D eigenvalue weighted by molar-refractivity contribution is -0.129. The summed E-state index contributed by atoms with van der Waals surface area (Å²) in [4.78, 5) is 16.4. The van der Waals surface area contributed by atoms with Crippen molar-refractivity contribution >= 4 is 16.9 Å². The summed E-state index contributed by atoms with van der Waals surface area (Å²) in [5, 5.41) is 9.20. The van der Waals surface area contributed by atoms with E-state index in [1.165, 1.54) is 0 Å². The quantitative estimate of drug-likeness (QED) is 0.754. The summed E-state index contributed by atoms with van der Waals surface area (Å²) in [6.45, 7) is 5.36. The van der Waals surface area contributed by atoms with Gasteiger partial charge in [0.05, 0.1) is 12.7 Å². The van der Waals surface area contributed by atoms with Crippen molar-refractivity contribution < 1.29 is 13.9 Å². The van der Waals surface area contributed by atoms with Crippen molar-refractivity contribution in [3.8, 4) is 6.07 Å². The summed E-state index contributed by atoms with van der Waals surface area (Å²) < 4.78 is 10.7. The van der Waals surface area contributed by atoms with Gasteiger partial charge in [0.25, 0.3) is 0 Å². The van der Waals surface area contributed by atoms with Crippen molar-refractivity contribution in [2.75, 3.05) is 6.61 Å². The molecule has 0 radical (unpaired) electrons. The number of Topliss-reactive ketones (excluding diaryl/α,β-unsaturated/α-hetero) is 1. The highest BCUT2D eigenvalue weighted by atomic mass is 16.5. The number of nitrogens with zero attached hydrogens (tertiary/aromatic N) is 2. The SMILES string of the molecule is C=CCO[C@@H](C)C(=O)[C@@H](C#N)c1nc2ccccc2o1. The van der Waals surface area contributed by atoms with Crippen LogP contribution >= 0.6 is 0 Å². The average molecular weight is 270 g/mol. The molecule has 5 nitrogen and oxygen atoms in total. The molecule has 0 amide bonds. The highest BCUT2D eigenvalue weighted by Gasteiger charge is 2.30. The van der Waals surface area contributed by atoms with E-state index in [1.54, 1.807) is 31.2 Å². The molecule has 0 aliphatic rings. The van der Waals surface area contributed by atoms with Crippen LogP contribution in [-0.4, -0.2) is 23.5 Å². The summed E-state index contributed by atoms with van der Waals surface area (Å²) in [6, 6.07) is 9.04. The number of rotatable bonds is 6. The van der Waals surface area contributed by atoms with Crippen molar-refractivity contribution in [1.29, 1.82) is 5.26 Å². The van der Waals surface area contributed by atoms with Gasteiger partial charge in [0, 0.05) is 0 Å². The number of oxazole rings is 1. The molecule has 20 heavy (non-hydrogen) atoms. The van der Waals surface area contributed by atoms with Crippen LogP contribution in [0.3, 0.4) is 0 Å². The maximum Gasteiger partial charge on any atom is 0.220 e. The number of aromatic nitrogens is 1. The minimum atomic E-state index is -1.07. The van der Waals surface area contributed by atoms with Crippen LogP contribution in [-0.2, 0) is 9.53 Å². The standard InChI is InChI=1S/C15H14N2O3/c1-3-8-19-10(2)14(18)11(9-16)15-17-12-6-4-5-7-13(12)20-15/h3-7,10-11H,1,8H2,2H3/t10-,11+/m0/s1. The zero-order valence-corrected chi connectivity index (χ0v) is 11.1. The van der Waals surface area contributed by atoms with Crippen molar-refractivity contribution in [2.45, 2.75) is 18.9 Å². The van der Waals surface area contributed by atoms with E-state index in [-0.39, 0.29) is 18.3 Å². The summed E-state index contributed by atoms with van der Waals surface area (Å²) in [5.74, 6) is -1.34. The molecule has 0 spiro atoms. The van der Waals surface area contributed by atoms with Crippen LogP contribution in [0.25, 0.3) is 11.1 Å². The van der Waals surface area contributed by atoms with Crippen LogP contribution in [0.5, 0.6) is 0 Å². The molecule has 0 aliphatic carbocycles. The first-order valence-electron chi connectivity index (χ1n) is 6.18. The van der Waals surface area contributed by atoms with E-state index in [0.717, 1.165) is 0 Å². The maximum atomic E-state index is 12.2. The number of carbonyl (C=O) groups excluding carboxylic acids is 1. The minimum absolute atomic E-state index is 0.104. The monoisotopic (exact) mass is 270 g/mol. The number of para-hydroxylation sites is 2. The molecule has 2 aromatic rings. The fraction of sp³-hybridized carbons (Fsp3) is 0.267. The highest BCUT2D eigenvalue weighted by molar-refractivity contribution is 5.91. The normalized spacial score (nSPS) is 13.6. The van der Waals surface area contributed by atoms with Crippen LogP contribution in [0.2, 0.25) is 0 Å². The van der Waals surface area contributed by atoms with Gasteiger partial charge < -0.3 is 9.15 Å². The van der Waals surface area contributed by atoms with Gasteiger partial charge in [-0.15, -0.1) is 6.58 Å². The Morgan fingerprint density at radius 3 is 3.00 bits per heavy atom. The fourth-order valence-corrected chi connectivity index (χ4v) is 1.78. The number of fused-ring (bicyclic) bond motifs is 1. The Kier molecular flexibility index (Phi) is 4.28. The molecule has 0 unspecified atom stereocenters. The number of carbonyl (C=O) groups is 1. The summed E-state index contributed by atoms with van der Waals surface area (Å²) >= 11 is 0. The third kappa shape index (κ3) is 2.76. The van der Waals surface area contributed by atoms with Gasteiger partial charge in [-0.3, -0.25) is 4.79 Å². The number of ketones is 1. The lowest BCUT2D eigenvalue weighted by atomic mass is 10.0. The number of hydrogen-bond acceptors (Lipinski definition) is 5. The average Bonchev–Trinajstić information content (AvgIpc) is 2.88. The maximum absolute atomic E-state index is 12.2. The summed E-state index contributed by atoms with van der Waals surface area (Å²) in [5.41, 5.74) is 1.17. The Balaban J connectivity index is 2.25. The van der Waals surface area contributed by atoms with Crippen LogP contribution in [0.15, 0.2) is 41.3 Å². The third-order valence-corrected chi connectivity index (χ3v) is 2.84. The fourth-order valence-electron chi connectivity index (χ4n) is 1.78. The number of benzene rings is 1. The smallest absolute Gasteiger partial charge is 0.220 e. The zero-order valence-electron chi connectivity index (χ0n) is 11.1.